The molecule has 0 spiro atoms. The molecule has 0 aliphatic rings. The highest BCUT2D eigenvalue weighted by atomic mass is 19.4. The van der Waals surface area contributed by atoms with Crippen LogP contribution < -0.4 is 5.73 Å². The molecule has 0 rings (SSSR count). The summed E-state index contributed by atoms with van der Waals surface area (Å²) in [7, 11) is 3.53. The third kappa shape index (κ3) is 7.18. The predicted molar refractivity (Wildman–Crippen MR) is 66.5 cm³/mol. The van der Waals surface area contributed by atoms with Gasteiger partial charge in [0.15, 0.2) is 0 Å². The van der Waals surface area contributed by atoms with E-state index < -0.39 is 12.6 Å². The van der Waals surface area contributed by atoms with Gasteiger partial charge >= 0.3 is 6.18 Å². The van der Waals surface area contributed by atoms with Crippen molar-refractivity contribution in [3.05, 3.63) is 0 Å². The zero-order chi connectivity index (χ0) is 14.2. The number of rotatable bonds is 9. The number of methoxy groups -OCH3 is 1. The summed E-state index contributed by atoms with van der Waals surface area (Å²) in [6.07, 6.45) is -3.40. The van der Waals surface area contributed by atoms with E-state index in [0.29, 0.717) is 19.6 Å². The van der Waals surface area contributed by atoms with Gasteiger partial charge in [0.05, 0.1) is 0 Å². The summed E-state index contributed by atoms with van der Waals surface area (Å²) in [5, 5.41) is 0. The molecule has 0 saturated heterocycles. The zero-order valence-corrected chi connectivity index (χ0v) is 11.5. The van der Waals surface area contributed by atoms with Gasteiger partial charge in [0.2, 0.25) is 0 Å². The average molecular weight is 270 g/mol. The number of alkyl halides is 3. The predicted octanol–water partition coefficient (Wildman–Crippen LogP) is 2.40. The van der Waals surface area contributed by atoms with E-state index in [1.165, 1.54) is 0 Å². The van der Waals surface area contributed by atoms with Crippen LogP contribution in [-0.2, 0) is 4.74 Å². The van der Waals surface area contributed by atoms with E-state index in [1.54, 1.807) is 7.11 Å². The van der Waals surface area contributed by atoms with Crippen molar-refractivity contribution in [3.63, 3.8) is 0 Å². The highest BCUT2D eigenvalue weighted by Gasteiger charge is 2.31. The van der Waals surface area contributed by atoms with Gasteiger partial charge in [-0.3, -0.25) is 4.90 Å². The normalized spacial score (nSPS) is 16.0. The average Bonchev–Trinajstić information content (AvgIpc) is 2.27. The number of hydrogen-bond donors (Lipinski definition) is 1. The molecule has 0 saturated carbocycles. The largest absolute Gasteiger partial charge is 0.389 e. The van der Waals surface area contributed by atoms with Crippen molar-refractivity contribution in [1.29, 1.82) is 0 Å². The van der Waals surface area contributed by atoms with Crippen LogP contribution in [0.4, 0.5) is 13.2 Å². The number of nitrogens with two attached hydrogens (primary N) is 1. The first-order valence-electron chi connectivity index (χ1n) is 6.22. The van der Waals surface area contributed by atoms with Gasteiger partial charge in [-0.2, -0.15) is 13.2 Å². The van der Waals surface area contributed by atoms with Crippen LogP contribution in [0.2, 0.25) is 0 Å². The molecule has 0 amide bonds. The standard InChI is InChI=1S/C12H25F3N2O/c1-11(10-16,6-4-7-12(13,14)15)17(2)8-5-9-18-3/h4-10,16H2,1-3H3. The van der Waals surface area contributed by atoms with Gasteiger partial charge in [-0.05, 0) is 33.2 Å². The van der Waals surface area contributed by atoms with E-state index in [9.17, 15) is 13.2 Å². The second kappa shape index (κ2) is 7.96. The number of likely N-dealkylation sites (N-methyl/N-ethyl adjacent to an activating group) is 1. The Labute approximate surface area is 107 Å². The first-order chi connectivity index (χ1) is 8.25. The third-order valence-electron chi connectivity index (χ3n) is 3.38. The monoisotopic (exact) mass is 270 g/mol. The maximum absolute atomic E-state index is 12.1. The lowest BCUT2D eigenvalue weighted by Gasteiger charge is -2.38. The summed E-state index contributed by atoms with van der Waals surface area (Å²) in [5.74, 6) is 0. The Bertz CT molecular complexity index is 224. The molecule has 110 valence electrons. The van der Waals surface area contributed by atoms with Gasteiger partial charge in [0.1, 0.15) is 0 Å². The second-order valence-electron chi connectivity index (χ2n) is 4.94. The van der Waals surface area contributed by atoms with Gasteiger partial charge in [-0.15, -0.1) is 0 Å². The molecule has 18 heavy (non-hydrogen) atoms. The minimum absolute atomic E-state index is 0.117. The van der Waals surface area contributed by atoms with E-state index in [1.807, 2.05) is 18.9 Å². The molecule has 0 aromatic rings. The summed E-state index contributed by atoms with van der Waals surface area (Å²) in [5.41, 5.74) is 5.33. The van der Waals surface area contributed by atoms with Crippen molar-refractivity contribution in [1.82, 2.24) is 4.90 Å². The van der Waals surface area contributed by atoms with E-state index in [0.717, 1.165) is 13.0 Å². The molecule has 0 bridgehead atoms. The van der Waals surface area contributed by atoms with Gasteiger partial charge in [-0.1, -0.05) is 0 Å². The Morgan fingerprint density at radius 2 is 1.78 bits per heavy atom. The lowest BCUT2D eigenvalue weighted by molar-refractivity contribution is -0.136. The van der Waals surface area contributed by atoms with Crippen molar-refractivity contribution in [3.8, 4) is 0 Å². The number of hydrogen-bond acceptors (Lipinski definition) is 3. The number of nitrogens with zero attached hydrogens (tertiary/aromatic N) is 1. The Balaban J connectivity index is 4.15. The van der Waals surface area contributed by atoms with Crippen molar-refractivity contribution in [2.45, 2.75) is 44.3 Å². The molecular formula is C12H25F3N2O. The van der Waals surface area contributed by atoms with Crippen LogP contribution in [0.15, 0.2) is 0 Å². The van der Waals surface area contributed by atoms with Crippen LogP contribution >= 0.6 is 0 Å². The molecule has 0 aromatic carbocycles. The number of halogens is 3. The van der Waals surface area contributed by atoms with Crippen LogP contribution in [0.3, 0.4) is 0 Å². The lowest BCUT2D eigenvalue weighted by Crippen LogP contribution is -2.50. The minimum Gasteiger partial charge on any atom is -0.385 e. The van der Waals surface area contributed by atoms with Crippen LogP contribution in [-0.4, -0.2) is 50.5 Å². The van der Waals surface area contributed by atoms with Gasteiger partial charge in [-0.25, -0.2) is 0 Å². The molecule has 0 aliphatic carbocycles. The van der Waals surface area contributed by atoms with Gasteiger partial charge in [0.25, 0.3) is 0 Å². The topological polar surface area (TPSA) is 38.5 Å². The fourth-order valence-corrected chi connectivity index (χ4v) is 1.83. The fraction of sp³-hybridized carbons (Fsp3) is 1.00. The molecule has 0 aliphatic heterocycles. The minimum atomic E-state index is -4.08. The highest BCUT2D eigenvalue weighted by Crippen LogP contribution is 2.26. The smallest absolute Gasteiger partial charge is 0.385 e. The summed E-state index contributed by atoms with van der Waals surface area (Å²) in [6.45, 7) is 3.69. The SMILES string of the molecule is COCCCN(C)C(C)(CN)CCCC(F)(F)F. The number of ether oxygens (including phenoxy) is 1. The maximum atomic E-state index is 12.1. The summed E-state index contributed by atoms with van der Waals surface area (Å²) >= 11 is 0. The zero-order valence-electron chi connectivity index (χ0n) is 11.5. The molecule has 2 N–H and O–H groups in total. The summed E-state index contributed by atoms with van der Waals surface area (Å²) in [4.78, 5) is 2.03. The van der Waals surface area contributed by atoms with Crippen LogP contribution in [0, 0.1) is 0 Å². The molecule has 6 heteroatoms. The van der Waals surface area contributed by atoms with E-state index in [4.69, 9.17) is 10.5 Å². The van der Waals surface area contributed by atoms with Crippen molar-refractivity contribution >= 4 is 0 Å². The molecule has 0 fully saturated rings. The van der Waals surface area contributed by atoms with E-state index in [-0.39, 0.29) is 12.0 Å². The molecule has 0 aromatic heterocycles. The Kier molecular flexibility index (Phi) is 7.82. The quantitative estimate of drug-likeness (QED) is 0.654. The maximum Gasteiger partial charge on any atom is 0.389 e. The van der Waals surface area contributed by atoms with Crippen LogP contribution in [0.25, 0.3) is 0 Å². The summed E-state index contributed by atoms with van der Waals surface area (Å²) in [6, 6.07) is 0. The Hall–Kier alpha value is -0.330. The first kappa shape index (κ1) is 17.7. The molecular weight excluding hydrogens is 245 g/mol. The van der Waals surface area contributed by atoms with E-state index in [2.05, 4.69) is 0 Å². The fourth-order valence-electron chi connectivity index (χ4n) is 1.83. The van der Waals surface area contributed by atoms with Crippen LogP contribution in [0.5, 0.6) is 0 Å². The second-order valence-corrected chi connectivity index (χ2v) is 4.94. The third-order valence-corrected chi connectivity index (χ3v) is 3.38. The lowest BCUT2D eigenvalue weighted by atomic mass is 9.93. The first-order valence-corrected chi connectivity index (χ1v) is 6.22. The Morgan fingerprint density at radius 1 is 1.17 bits per heavy atom. The molecule has 1 atom stereocenters. The Morgan fingerprint density at radius 3 is 2.22 bits per heavy atom. The van der Waals surface area contributed by atoms with Crippen molar-refractivity contribution in [2.75, 3.05) is 33.9 Å². The van der Waals surface area contributed by atoms with E-state index >= 15 is 0 Å². The molecule has 3 nitrogen and oxygen atoms in total. The molecule has 0 radical (unpaired) electrons. The summed E-state index contributed by atoms with van der Waals surface area (Å²) < 4.78 is 41.3. The van der Waals surface area contributed by atoms with Gasteiger partial charge in [0, 0.05) is 38.8 Å². The van der Waals surface area contributed by atoms with Crippen molar-refractivity contribution < 1.29 is 17.9 Å². The highest BCUT2D eigenvalue weighted by molar-refractivity contribution is 4.85. The van der Waals surface area contributed by atoms with Crippen molar-refractivity contribution in [2.24, 2.45) is 5.73 Å². The molecule has 0 heterocycles. The molecule has 1 unspecified atom stereocenters. The van der Waals surface area contributed by atoms with Crippen LogP contribution in [0.1, 0.15) is 32.6 Å². The van der Waals surface area contributed by atoms with Gasteiger partial charge < -0.3 is 10.5 Å².